The fraction of sp³-hybridized carbons (Fsp3) is 0.200. The summed E-state index contributed by atoms with van der Waals surface area (Å²) in [5.41, 5.74) is 2.14. The highest BCUT2D eigenvalue weighted by Crippen LogP contribution is 2.23. The van der Waals surface area contributed by atoms with Crippen molar-refractivity contribution in [2.24, 2.45) is 0 Å². The lowest BCUT2D eigenvalue weighted by Gasteiger charge is -2.13. The molecule has 4 nitrogen and oxygen atoms in total. The van der Waals surface area contributed by atoms with Crippen LogP contribution in [0.3, 0.4) is 0 Å². The Balaban J connectivity index is 2.14. The number of hydrogen-bond acceptors (Lipinski definition) is 3. The van der Waals surface area contributed by atoms with Gasteiger partial charge in [-0.05, 0) is 35.7 Å². The van der Waals surface area contributed by atoms with E-state index in [1.54, 1.807) is 25.1 Å². The number of nitro groups is 1. The number of aryl methyl sites for hydroxylation is 1. The SMILES string of the molecule is Cc1cc(F)ccc1C(O)Cc1ccc([N+](=O)[O-])cc1. The monoisotopic (exact) mass is 275 g/mol. The summed E-state index contributed by atoms with van der Waals surface area (Å²) in [4.78, 5) is 10.1. The Morgan fingerprint density at radius 2 is 1.90 bits per heavy atom. The minimum absolute atomic E-state index is 0.0150. The summed E-state index contributed by atoms with van der Waals surface area (Å²) in [6.45, 7) is 1.73. The number of rotatable bonds is 4. The van der Waals surface area contributed by atoms with E-state index in [1.807, 2.05) is 0 Å². The third-order valence-corrected chi connectivity index (χ3v) is 3.17. The molecule has 1 N–H and O–H groups in total. The zero-order chi connectivity index (χ0) is 14.7. The van der Waals surface area contributed by atoms with Crippen molar-refractivity contribution in [1.82, 2.24) is 0 Å². The molecule has 20 heavy (non-hydrogen) atoms. The molecular formula is C15H14FNO3. The van der Waals surface area contributed by atoms with Gasteiger partial charge in [-0.3, -0.25) is 10.1 Å². The molecule has 0 spiro atoms. The van der Waals surface area contributed by atoms with Crippen molar-refractivity contribution >= 4 is 5.69 Å². The molecule has 0 aliphatic rings. The summed E-state index contributed by atoms with van der Waals surface area (Å²) >= 11 is 0. The van der Waals surface area contributed by atoms with Crippen LogP contribution in [0.15, 0.2) is 42.5 Å². The average Bonchev–Trinajstić information content (AvgIpc) is 2.39. The van der Waals surface area contributed by atoms with Crippen LogP contribution in [0.25, 0.3) is 0 Å². The first-order valence-corrected chi connectivity index (χ1v) is 6.15. The largest absolute Gasteiger partial charge is 0.388 e. The topological polar surface area (TPSA) is 63.4 Å². The van der Waals surface area contributed by atoms with Crippen molar-refractivity contribution in [2.45, 2.75) is 19.4 Å². The van der Waals surface area contributed by atoms with Crippen molar-refractivity contribution in [1.29, 1.82) is 0 Å². The van der Waals surface area contributed by atoms with Crippen LogP contribution in [-0.4, -0.2) is 10.0 Å². The molecule has 0 aliphatic carbocycles. The van der Waals surface area contributed by atoms with Crippen LogP contribution in [0, 0.1) is 22.9 Å². The second kappa shape index (κ2) is 5.79. The minimum Gasteiger partial charge on any atom is -0.388 e. The van der Waals surface area contributed by atoms with Crippen LogP contribution in [0.5, 0.6) is 0 Å². The summed E-state index contributed by atoms with van der Waals surface area (Å²) in [5, 5.41) is 20.7. The zero-order valence-corrected chi connectivity index (χ0v) is 10.9. The van der Waals surface area contributed by atoms with Crippen LogP contribution in [0.4, 0.5) is 10.1 Å². The molecule has 0 saturated heterocycles. The molecule has 2 aromatic rings. The van der Waals surface area contributed by atoms with Gasteiger partial charge in [0.1, 0.15) is 5.82 Å². The van der Waals surface area contributed by atoms with Gasteiger partial charge in [-0.1, -0.05) is 18.2 Å². The van der Waals surface area contributed by atoms with E-state index in [0.717, 1.165) is 5.56 Å². The van der Waals surface area contributed by atoms with Crippen molar-refractivity contribution in [3.63, 3.8) is 0 Å². The van der Waals surface area contributed by atoms with Crippen molar-refractivity contribution in [2.75, 3.05) is 0 Å². The van der Waals surface area contributed by atoms with Crippen LogP contribution >= 0.6 is 0 Å². The molecular weight excluding hydrogens is 261 g/mol. The Kier molecular flexibility index (Phi) is 4.10. The van der Waals surface area contributed by atoms with Crippen LogP contribution in [-0.2, 0) is 6.42 Å². The maximum Gasteiger partial charge on any atom is 0.269 e. The van der Waals surface area contributed by atoms with Gasteiger partial charge in [0.2, 0.25) is 0 Å². The molecule has 0 aliphatic heterocycles. The molecule has 0 amide bonds. The highest BCUT2D eigenvalue weighted by molar-refractivity contribution is 5.35. The van der Waals surface area contributed by atoms with E-state index in [0.29, 0.717) is 17.5 Å². The molecule has 2 aromatic carbocycles. The molecule has 0 aromatic heterocycles. The first kappa shape index (κ1) is 14.1. The lowest BCUT2D eigenvalue weighted by Crippen LogP contribution is -2.04. The van der Waals surface area contributed by atoms with Crippen molar-refractivity contribution in [3.05, 3.63) is 75.1 Å². The Labute approximate surface area is 115 Å². The van der Waals surface area contributed by atoms with Crippen LogP contribution in [0.2, 0.25) is 0 Å². The van der Waals surface area contributed by atoms with Crippen molar-refractivity contribution in [3.8, 4) is 0 Å². The summed E-state index contributed by atoms with van der Waals surface area (Å²) in [6, 6.07) is 10.3. The number of benzene rings is 2. The van der Waals surface area contributed by atoms with E-state index in [1.165, 1.54) is 24.3 Å². The van der Waals surface area contributed by atoms with Gasteiger partial charge in [-0.2, -0.15) is 0 Å². The van der Waals surface area contributed by atoms with E-state index < -0.39 is 11.0 Å². The highest BCUT2D eigenvalue weighted by atomic mass is 19.1. The summed E-state index contributed by atoms with van der Waals surface area (Å²) in [5.74, 6) is -0.339. The van der Waals surface area contributed by atoms with Crippen LogP contribution < -0.4 is 0 Å². The lowest BCUT2D eigenvalue weighted by molar-refractivity contribution is -0.384. The fourth-order valence-electron chi connectivity index (χ4n) is 2.10. The summed E-state index contributed by atoms with van der Waals surface area (Å²) in [7, 11) is 0. The molecule has 0 saturated carbocycles. The Morgan fingerprint density at radius 1 is 1.25 bits per heavy atom. The zero-order valence-electron chi connectivity index (χ0n) is 10.9. The molecule has 1 atom stereocenters. The van der Waals surface area contributed by atoms with Gasteiger partial charge in [-0.15, -0.1) is 0 Å². The van der Waals surface area contributed by atoms with Crippen LogP contribution in [0.1, 0.15) is 22.8 Å². The van der Waals surface area contributed by atoms with E-state index in [9.17, 15) is 19.6 Å². The summed E-state index contributed by atoms with van der Waals surface area (Å²) in [6.07, 6.45) is -0.443. The van der Waals surface area contributed by atoms with E-state index in [2.05, 4.69) is 0 Å². The molecule has 2 rings (SSSR count). The molecule has 5 heteroatoms. The Morgan fingerprint density at radius 3 is 2.45 bits per heavy atom. The minimum atomic E-state index is -0.767. The van der Waals surface area contributed by atoms with Gasteiger partial charge in [0.15, 0.2) is 0 Å². The first-order valence-electron chi connectivity index (χ1n) is 6.15. The standard InChI is InChI=1S/C15H14FNO3/c1-10-8-12(16)4-7-14(10)15(18)9-11-2-5-13(6-3-11)17(19)20/h2-8,15,18H,9H2,1H3. The number of nitrogens with zero attached hydrogens (tertiary/aromatic N) is 1. The number of non-ortho nitro benzene ring substituents is 1. The maximum atomic E-state index is 13.0. The highest BCUT2D eigenvalue weighted by Gasteiger charge is 2.13. The predicted molar refractivity (Wildman–Crippen MR) is 72.9 cm³/mol. The Hall–Kier alpha value is -2.27. The Bertz CT molecular complexity index is 626. The second-order valence-corrected chi connectivity index (χ2v) is 4.64. The number of hydrogen-bond donors (Lipinski definition) is 1. The average molecular weight is 275 g/mol. The van der Waals surface area contributed by atoms with Gasteiger partial charge in [-0.25, -0.2) is 4.39 Å². The molecule has 0 radical (unpaired) electrons. The fourth-order valence-corrected chi connectivity index (χ4v) is 2.10. The quantitative estimate of drug-likeness (QED) is 0.687. The van der Waals surface area contributed by atoms with Crippen molar-refractivity contribution < 1.29 is 14.4 Å². The second-order valence-electron chi connectivity index (χ2n) is 4.64. The molecule has 0 bridgehead atoms. The third-order valence-electron chi connectivity index (χ3n) is 3.17. The molecule has 104 valence electrons. The number of nitro benzene ring substituents is 1. The van der Waals surface area contributed by atoms with Gasteiger partial charge in [0.25, 0.3) is 5.69 Å². The van der Waals surface area contributed by atoms with Gasteiger partial charge >= 0.3 is 0 Å². The normalized spacial score (nSPS) is 12.2. The number of aliphatic hydroxyl groups is 1. The number of halogens is 1. The number of aliphatic hydroxyl groups excluding tert-OH is 1. The molecule has 0 fully saturated rings. The maximum absolute atomic E-state index is 13.0. The van der Waals surface area contributed by atoms with E-state index in [-0.39, 0.29) is 11.5 Å². The van der Waals surface area contributed by atoms with Gasteiger partial charge in [0.05, 0.1) is 11.0 Å². The van der Waals surface area contributed by atoms with Gasteiger partial charge < -0.3 is 5.11 Å². The first-order chi connectivity index (χ1) is 9.47. The summed E-state index contributed by atoms with van der Waals surface area (Å²) < 4.78 is 13.0. The van der Waals surface area contributed by atoms with E-state index >= 15 is 0 Å². The van der Waals surface area contributed by atoms with Gasteiger partial charge in [0, 0.05) is 18.6 Å². The lowest BCUT2D eigenvalue weighted by atomic mass is 9.97. The molecule has 1 unspecified atom stereocenters. The molecule has 0 heterocycles. The third kappa shape index (κ3) is 3.19. The predicted octanol–water partition coefficient (Wildman–Crippen LogP) is 3.32. The van der Waals surface area contributed by atoms with E-state index in [4.69, 9.17) is 0 Å². The smallest absolute Gasteiger partial charge is 0.269 e.